The molecule has 0 amide bonds. The molecule has 4 rings (SSSR count). The van der Waals surface area contributed by atoms with Crippen LogP contribution in [0.4, 0.5) is 0 Å². The second kappa shape index (κ2) is 7.20. The molecule has 4 aromatic rings. The fraction of sp³-hybridized carbons (Fsp3) is 0.0909. The van der Waals surface area contributed by atoms with Crippen molar-refractivity contribution >= 4 is 27.9 Å². The van der Waals surface area contributed by atoms with Crippen molar-refractivity contribution in [1.29, 1.82) is 0 Å². The Kier molecular flexibility index (Phi) is 4.56. The summed E-state index contributed by atoms with van der Waals surface area (Å²) in [5.74, 6) is -1.02. The molecule has 3 aromatic carbocycles. The number of ether oxygens (including phenoxy) is 2. The minimum Gasteiger partial charge on any atom is -0.507 e. The number of carbonyl (C=O) groups is 1. The van der Waals surface area contributed by atoms with Gasteiger partial charge >= 0.3 is 5.97 Å². The highest BCUT2D eigenvalue weighted by atomic mass is 16.5. The molecule has 29 heavy (non-hydrogen) atoms. The van der Waals surface area contributed by atoms with Crippen molar-refractivity contribution in [3.8, 4) is 17.2 Å². The molecule has 0 spiro atoms. The Morgan fingerprint density at radius 3 is 2.45 bits per heavy atom. The van der Waals surface area contributed by atoms with Crippen LogP contribution in [-0.2, 0) is 4.79 Å². The van der Waals surface area contributed by atoms with Crippen molar-refractivity contribution in [1.82, 2.24) is 0 Å². The molecule has 0 aliphatic heterocycles. The number of benzene rings is 3. The molecule has 0 bridgehead atoms. The summed E-state index contributed by atoms with van der Waals surface area (Å²) < 4.78 is 16.5. The Bertz CT molecular complexity index is 1280. The Morgan fingerprint density at radius 2 is 1.76 bits per heavy atom. The number of fused-ring (bicyclic) bond motifs is 2. The average molecular weight is 392 g/mol. The van der Waals surface area contributed by atoms with E-state index in [0.29, 0.717) is 16.9 Å². The van der Waals surface area contributed by atoms with Gasteiger partial charge in [0.15, 0.2) is 0 Å². The number of aromatic hydroxyl groups is 1. The normalized spacial score (nSPS) is 12.0. The first-order valence-corrected chi connectivity index (χ1v) is 8.70. The number of carboxylic acids is 1. The molecule has 0 fully saturated rings. The highest BCUT2D eigenvalue weighted by Crippen LogP contribution is 2.33. The Morgan fingerprint density at radius 1 is 1.00 bits per heavy atom. The van der Waals surface area contributed by atoms with E-state index in [-0.39, 0.29) is 27.9 Å². The lowest BCUT2D eigenvalue weighted by atomic mass is 10.1. The third-order valence-electron chi connectivity index (χ3n) is 4.51. The van der Waals surface area contributed by atoms with E-state index in [1.807, 2.05) is 0 Å². The van der Waals surface area contributed by atoms with E-state index in [1.165, 1.54) is 25.3 Å². The van der Waals surface area contributed by atoms with Crippen molar-refractivity contribution in [2.45, 2.75) is 6.10 Å². The molecule has 0 radical (unpaired) electrons. The first kappa shape index (κ1) is 18.4. The van der Waals surface area contributed by atoms with Crippen LogP contribution in [0.15, 0.2) is 69.9 Å². The van der Waals surface area contributed by atoms with E-state index < -0.39 is 17.5 Å². The molecule has 2 N–H and O–H groups in total. The van der Waals surface area contributed by atoms with Crippen molar-refractivity contribution in [3.63, 3.8) is 0 Å². The number of phenolic OH excluding ortho intramolecular Hbond substituents is 1. The van der Waals surface area contributed by atoms with E-state index in [2.05, 4.69) is 0 Å². The molecule has 0 saturated heterocycles. The largest absolute Gasteiger partial charge is 0.507 e. The van der Waals surface area contributed by atoms with Gasteiger partial charge in [0.2, 0.25) is 11.5 Å². The summed E-state index contributed by atoms with van der Waals surface area (Å²) in [6.45, 7) is 0. The molecule has 1 atom stereocenters. The maximum absolute atomic E-state index is 12.8. The van der Waals surface area contributed by atoms with E-state index in [9.17, 15) is 19.8 Å². The van der Waals surface area contributed by atoms with Gasteiger partial charge in [-0.1, -0.05) is 30.3 Å². The molecule has 1 heterocycles. The quantitative estimate of drug-likeness (QED) is 0.497. The lowest BCUT2D eigenvalue weighted by molar-refractivity contribution is -0.145. The zero-order chi connectivity index (χ0) is 20.5. The highest BCUT2D eigenvalue weighted by molar-refractivity contribution is 5.94. The van der Waals surface area contributed by atoms with Crippen LogP contribution in [0.25, 0.3) is 21.9 Å². The lowest BCUT2D eigenvalue weighted by Crippen LogP contribution is -2.18. The summed E-state index contributed by atoms with van der Waals surface area (Å²) >= 11 is 0. The van der Waals surface area contributed by atoms with Crippen LogP contribution in [0.3, 0.4) is 0 Å². The number of methoxy groups -OCH3 is 1. The van der Waals surface area contributed by atoms with Gasteiger partial charge < -0.3 is 24.1 Å². The predicted octanol–water partition coefficient (Wildman–Crippen LogP) is 3.87. The van der Waals surface area contributed by atoms with E-state index in [1.54, 1.807) is 42.5 Å². The second-order valence-electron chi connectivity index (χ2n) is 6.36. The standard InChI is InChI=1S/C22H16O7/c1-27-13-7-8-17-15(9-13)20(24)19-16(23)10-14(11-18(19)29-17)28-21(22(25)26)12-5-3-2-4-6-12/h2-11,21,23H,1H3,(H,25,26). The minimum atomic E-state index is -1.29. The molecule has 0 aliphatic carbocycles. The maximum atomic E-state index is 12.8. The van der Waals surface area contributed by atoms with Crippen LogP contribution in [0.2, 0.25) is 0 Å². The molecule has 0 saturated carbocycles. The fourth-order valence-corrected chi connectivity index (χ4v) is 3.13. The van der Waals surface area contributed by atoms with Crippen LogP contribution >= 0.6 is 0 Å². The SMILES string of the molecule is COc1ccc2oc3cc(OC(C(=O)O)c4ccccc4)cc(O)c3c(=O)c2c1. The van der Waals surface area contributed by atoms with Crippen molar-refractivity contribution < 1.29 is 28.9 Å². The summed E-state index contributed by atoms with van der Waals surface area (Å²) in [6.07, 6.45) is -1.29. The van der Waals surface area contributed by atoms with Crippen LogP contribution in [0, 0.1) is 0 Å². The number of hydrogen-bond acceptors (Lipinski definition) is 6. The molecule has 7 heteroatoms. The molecule has 146 valence electrons. The van der Waals surface area contributed by atoms with Gasteiger partial charge in [-0.25, -0.2) is 4.79 Å². The second-order valence-corrected chi connectivity index (χ2v) is 6.36. The lowest BCUT2D eigenvalue weighted by Gasteiger charge is -2.16. The third kappa shape index (κ3) is 3.34. The predicted molar refractivity (Wildman–Crippen MR) is 106 cm³/mol. The number of phenols is 1. The Balaban J connectivity index is 1.84. The van der Waals surface area contributed by atoms with Gasteiger partial charge in [-0.15, -0.1) is 0 Å². The molecule has 1 unspecified atom stereocenters. The van der Waals surface area contributed by atoms with Gasteiger partial charge in [0.05, 0.1) is 12.5 Å². The van der Waals surface area contributed by atoms with Crippen LogP contribution in [0.1, 0.15) is 11.7 Å². The van der Waals surface area contributed by atoms with E-state index in [0.717, 1.165) is 0 Å². The number of hydrogen-bond donors (Lipinski definition) is 2. The van der Waals surface area contributed by atoms with Crippen molar-refractivity contribution in [2.75, 3.05) is 7.11 Å². The maximum Gasteiger partial charge on any atom is 0.349 e. The van der Waals surface area contributed by atoms with Crippen LogP contribution in [-0.4, -0.2) is 23.3 Å². The minimum absolute atomic E-state index is 0.0234. The van der Waals surface area contributed by atoms with Gasteiger partial charge in [-0.05, 0) is 18.2 Å². The Labute approximate surface area is 164 Å². The highest BCUT2D eigenvalue weighted by Gasteiger charge is 2.23. The summed E-state index contributed by atoms with van der Waals surface area (Å²) in [4.78, 5) is 24.5. The third-order valence-corrected chi connectivity index (χ3v) is 4.51. The van der Waals surface area contributed by atoms with Crippen molar-refractivity contribution in [2.24, 2.45) is 0 Å². The zero-order valence-corrected chi connectivity index (χ0v) is 15.3. The molecule has 1 aromatic heterocycles. The van der Waals surface area contributed by atoms with Gasteiger partial charge in [0, 0.05) is 17.7 Å². The van der Waals surface area contributed by atoms with Gasteiger partial charge in [-0.3, -0.25) is 4.79 Å². The van der Waals surface area contributed by atoms with Gasteiger partial charge in [0.25, 0.3) is 0 Å². The van der Waals surface area contributed by atoms with Crippen LogP contribution in [0.5, 0.6) is 17.2 Å². The summed E-state index contributed by atoms with van der Waals surface area (Å²) in [5.41, 5.74) is 0.395. The van der Waals surface area contributed by atoms with Gasteiger partial charge in [-0.2, -0.15) is 0 Å². The average Bonchev–Trinajstić information content (AvgIpc) is 2.72. The van der Waals surface area contributed by atoms with E-state index in [4.69, 9.17) is 13.9 Å². The summed E-state index contributed by atoms with van der Waals surface area (Å²) in [7, 11) is 1.48. The summed E-state index contributed by atoms with van der Waals surface area (Å²) in [6, 6.07) is 15.8. The summed E-state index contributed by atoms with van der Waals surface area (Å²) in [5, 5.41) is 20.2. The molecular formula is C22H16O7. The monoisotopic (exact) mass is 392 g/mol. The Hall–Kier alpha value is -4.00. The van der Waals surface area contributed by atoms with E-state index >= 15 is 0 Å². The molecular weight excluding hydrogens is 376 g/mol. The number of rotatable bonds is 5. The molecule has 7 nitrogen and oxygen atoms in total. The topological polar surface area (TPSA) is 106 Å². The fourth-order valence-electron chi connectivity index (χ4n) is 3.13. The molecule has 0 aliphatic rings. The number of carboxylic acid groups (broad SMARTS) is 1. The van der Waals surface area contributed by atoms with Crippen molar-refractivity contribution in [3.05, 3.63) is 76.5 Å². The number of aliphatic carboxylic acids is 1. The first-order chi connectivity index (χ1) is 14.0. The first-order valence-electron chi connectivity index (χ1n) is 8.70. The smallest absolute Gasteiger partial charge is 0.349 e. The van der Waals surface area contributed by atoms with Crippen LogP contribution < -0.4 is 14.9 Å². The van der Waals surface area contributed by atoms with Gasteiger partial charge in [0.1, 0.15) is 33.8 Å². The zero-order valence-electron chi connectivity index (χ0n) is 15.3.